The molecule has 0 atom stereocenters. The maximum Gasteiger partial charge on any atom is 0.407 e. The molecule has 1 heterocycles. The van der Waals surface area contributed by atoms with E-state index in [1.54, 1.807) is 0 Å². The molecule has 1 amide bonds. The second-order valence-corrected chi connectivity index (χ2v) is 7.19. The summed E-state index contributed by atoms with van der Waals surface area (Å²) in [6.07, 6.45) is 2.79. The number of hydrogen-bond acceptors (Lipinski definition) is 4. The molecule has 140 valence electrons. The van der Waals surface area contributed by atoms with Gasteiger partial charge in [0.15, 0.2) is 0 Å². The van der Waals surface area contributed by atoms with Gasteiger partial charge < -0.3 is 14.7 Å². The Morgan fingerprint density at radius 2 is 2.00 bits per heavy atom. The summed E-state index contributed by atoms with van der Waals surface area (Å²) < 4.78 is 5.60. The minimum Gasteiger partial charge on any atom is -0.494 e. The highest BCUT2D eigenvalue weighted by Gasteiger charge is 2.39. The second-order valence-electron chi connectivity index (χ2n) is 7.19. The quantitative estimate of drug-likeness (QED) is 0.896. The monoisotopic (exact) mass is 357 g/mol. The summed E-state index contributed by atoms with van der Waals surface area (Å²) >= 11 is 0. The first kappa shape index (κ1) is 18.5. The maximum absolute atomic E-state index is 11.1. The molecule has 1 saturated carbocycles. The van der Waals surface area contributed by atoms with Crippen LogP contribution < -0.4 is 4.74 Å². The SMILES string of the molecule is CCOc1cccc(C2(C#N)CCC(N3CCN(C(=O)O)CC3)CC2)c1. The van der Waals surface area contributed by atoms with E-state index in [1.807, 2.05) is 31.2 Å². The van der Waals surface area contributed by atoms with Crippen LogP contribution >= 0.6 is 0 Å². The molecule has 2 fully saturated rings. The van der Waals surface area contributed by atoms with Gasteiger partial charge >= 0.3 is 6.09 Å². The summed E-state index contributed by atoms with van der Waals surface area (Å²) in [4.78, 5) is 14.9. The molecule has 0 bridgehead atoms. The van der Waals surface area contributed by atoms with E-state index in [0.29, 0.717) is 25.7 Å². The van der Waals surface area contributed by atoms with Gasteiger partial charge in [0.05, 0.1) is 18.1 Å². The zero-order chi connectivity index (χ0) is 18.6. The van der Waals surface area contributed by atoms with Gasteiger partial charge in [-0.05, 0) is 50.3 Å². The van der Waals surface area contributed by atoms with E-state index >= 15 is 0 Å². The third-order valence-electron chi connectivity index (χ3n) is 5.82. The third-order valence-corrected chi connectivity index (χ3v) is 5.82. The zero-order valence-electron chi connectivity index (χ0n) is 15.4. The van der Waals surface area contributed by atoms with Crippen LogP contribution in [0, 0.1) is 11.3 Å². The van der Waals surface area contributed by atoms with Crippen LogP contribution in [0.5, 0.6) is 5.75 Å². The van der Waals surface area contributed by atoms with Crippen molar-refractivity contribution in [3.05, 3.63) is 29.8 Å². The topological polar surface area (TPSA) is 76.8 Å². The van der Waals surface area contributed by atoms with E-state index in [-0.39, 0.29) is 0 Å². The molecule has 3 rings (SSSR count). The normalized spacial score (nSPS) is 26.9. The van der Waals surface area contributed by atoms with Crippen LogP contribution in [0.3, 0.4) is 0 Å². The molecule has 1 aliphatic heterocycles. The van der Waals surface area contributed by atoms with Crippen LogP contribution in [0.15, 0.2) is 24.3 Å². The van der Waals surface area contributed by atoms with Crippen molar-refractivity contribution < 1.29 is 14.6 Å². The van der Waals surface area contributed by atoms with Gasteiger partial charge in [0.2, 0.25) is 0 Å². The predicted molar refractivity (Wildman–Crippen MR) is 98.3 cm³/mol. The van der Waals surface area contributed by atoms with Gasteiger partial charge in [-0.25, -0.2) is 4.79 Å². The Balaban J connectivity index is 1.63. The summed E-state index contributed by atoms with van der Waals surface area (Å²) in [5.41, 5.74) is 0.618. The number of amides is 1. The molecule has 2 aliphatic rings. The van der Waals surface area contributed by atoms with Crippen molar-refractivity contribution in [1.29, 1.82) is 5.26 Å². The number of carbonyl (C=O) groups is 1. The maximum atomic E-state index is 11.1. The highest BCUT2D eigenvalue weighted by Crippen LogP contribution is 2.41. The first-order valence-corrected chi connectivity index (χ1v) is 9.44. The molecule has 1 aliphatic carbocycles. The lowest BCUT2D eigenvalue weighted by molar-refractivity contribution is 0.0672. The number of rotatable bonds is 4. The molecule has 0 radical (unpaired) electrons. The summed E-state index contributed by atoms with van der Waals surface area (Å²) in [7, 11) is 0. The fourth-order valence-electron chi connectivity index (χ4n) is 4.25. The van der Waals surface area contributed by atoms with Crippen molar-refractivity contribution in [3.63, 3.8) is 0 Å². The van der Waals surface area contributed by atoms with E-state index < -0.39 is 11.5 Å². The molecule has 6 nitrogen and oxygen atoms in total. The molecule has 0 spiro atoms. The zero-order valence-corrected chi connectivity index (χ0v) is 15.4. The summed E-state index contributed by atoms with van der Waals surface area (Å²) in [6, 6.07) is 11.0. The van der Waals surface area contributed by atoms with Crippen molar-refractivity contribution >= 4 is 6.09 Å². The molecule has 26 heavy (non-hydrogen) atoms. The van der Waals surface area contributed by atoms with E-state index in [1.165, 1.54) is 4.90 Å². The van der Waals surface area contributed by atoms with Gasteiger partial charge in [0.25, 0.3) is 0 Å². The van der Waals surface area contributed by atoms with Gasteiger partial charge in [0.1, 0.15) is 5.75 Å². The van der Waals surface area contributed by atoms with Crippen molar-refractivity contribution in [2.24, 2.45) is 0 Å². The Labute approximate surface area is 155 Å². The van der Waals surface area contributed by atoms with E-state index in [0.717, 1.165) is 50.1 Å². The average molecular weight is 357 g/mol. The van der Waals surface area contributed by atoms with Crippen LogP contribution in [0.2, 0.25) is 0 Å². The number of ether oxygens (including phenoxy) is 1. The standard InChI is InChI=1S/C20H27N3O3/c1-2-26-18-5-3-4-16(14-18)20(15-21)8-6-17(7-9-20)22-10-12-23(13-11-22)19(24)25/h3-5,14,17H,2,6-13H2,1H3,(H,24,25). The Morgan fingerprint density at radius 1 is 1.31 bits per heavy atom. The molecular formula is C20H27N3O3. The number of benzene rings is 1. The Morgan fingerprint density at radius 3 is 2.58 bits per heavy atom. The van der Waals surface area contributed by atoms with Gasteiger partial charge in [-0.15, -0.1) is 0 Å². The Bertz CT molecular complexity index is 669. The minimum absolute atomic E-state index is 0.438. The van der Waals surface area contributed by atoms with Crippen LogP contribution in [0.25, 0.3) is 0 Å². The van der Waals surface area contributed by atoms with Crippen molar-refractivity contribution in [2.45, 2.75) is 44.1 Å². The summed E-state index contributed by atoms with van der Waals surface area (Å²) in [5.74, 6) is 0.826. The van der Waals surface area contributed by atoms with Gasteiger partial charge in [-0.3, -0.25) is 4.90 Å². The van der Waals surface area contributed by atoms with Crippen molar-refractivity contribution in [1.82, 2.24) is 9.80 Å². The fourth-order valence-corrected chi connectivity index (χ4v) is 4.25. The smallest absolute Gasteiger partial charge is 0.407 e. The second kappa shape index (κ2) is 7.96. The number of carboxylic acid groups (broad SMARTS) is 1. The van der Waals surface area contributed by atoms with Crippen molar-refractivity contribution in [2.75, 3.05) is 32.8 Å². The largest absolute Gasteiger partial charge is 0.494 e. The van der Waals surface area contributed by atoms with Crippen LogP contribution in [-0.2, 0) is 5.41 Å². The van der Waals surface area contributed by atoms with Crippen molar-refractivity contribution in [3.8, 4) is 11.8 Å². The molecule has 1 N–H and O–H groups in total. The lowest BCUT2D eigenvalue weighted by atomic mass is 9.69. The highest BCUT2D eigenvalue weighted by molar-refractivity contribution is 5.65. The van der Waals surface area contributed by atoms with Crippen LogP contribution in [-0.4, -0.2) is 59.8 Å². The third kappa shape index (κ3) is 3.78. The number of nitrogens with zero attached hydrogens (tertiary/aromatic N) is 3. The molecule has 0 aromatic heterocycles. The molecular weight excluding hydrogens is 330 g/mol. The Kier molecular flexibility index (Phi) is 5.67. The molecule has 1 saturated heterocycles. The van der Waals surface area contributed by atoms with E-state index in [4.69, 9.17) is 9.84 Å². The molecule has 1 aromatic rings. The number of piperazine rings is 1. The van der Waals surface area contributed by atoms with Gasteiger partial charge in [-0.2, -0.15) is 5.26 Å². The van der Waals surface area contributed by atoms with Gasteiger partial charge in [0, 0.05) is 32.2 Å². The lowest BCUT2D eigenvalue weighted by Crippen LogP contribution is -2.53. The molecule has 6 heteroatoms. The Hall–Kier alpha value is -2.26. The summed E-state index contributed by atoms with van der Waals surface area (Å²) in [6.45, 7) is 5.30. The fraction of sp³-hybridized carbons (Fsp3) is 0.600. The number of hydrogen-bond donors (Lipinski definition) is 1. The first-order chi connectivity index (χ1) is 12.6. The molecule has 1 aromatic carbocycles. The number of nitriles is 1. The van der Waals surface area contributed by atoms with Crippen LogP contribution in [0.1, 0.15) is 38.2 Å². The van der Waals surface area contributed by atoms with E-state index in [2.05, 4.69) is 11.0 Å². The van der Waals surface area contributed by atoms with E-state index in [9.17, 15) is 10.1 Å². The average Bonchev–Trinajstić information content (AvgIpc) is 2.68. The predicted octanol–water partition coefficient (Wildman–Crippen LogP) is 3.08. The lowest BCUT2D eigenvalue weighted by Gasteiger charge is -2.43. The van der Waals surface area contributed by atoms with Gasteiger partial charge in [-0.1, -0.05) is 12.1 Å². The summed E-state index contributed by atoms with van der Waals surface area (Å²) in [5, 5.41) is 19.0. The minimum atomic E-state index is -0.828. The molecule has 0 unspecified atom stereocenters. The highest BCUT2D eigenvalue weighted by atomic mass is 16.5. The first-order valence-electron chi connectivity index (χ1n) is 9.44. The van der Waals surface area contributed by atoms with Crippen LogP contribution in [0.4, 0.5) is 4.79 Å².